The van der Waals surface area contributed by atoms with Crippen molar-refractivity contribution in [1.82, 2.24) is 0 Å². The van der Waals surface area contributed by atoms with Crippen LogP contribution in [0, 0.1) is 16.7 Å². The van der Waals surface area contributed by atoms with Crippen molar-refractivity contribution in [3.05, 3.63) is 34.3 Å². The van der Waals surface area contributed by atoms with E-state index in [1.54, 1.807) is 0 Å². The van der Waals surface area contributed by atoms with E-state index in [4.69, 9.17) is 0 Å². The standard InChI is InChI=1S/C15H16BrNO/c1-15(7-2-3-8-15)14(18)13(10-17)11-5-4-6-12(16)9-11/h4-6,9,13H,2-3,7-8H2,1H3. The zero-order valence-corrected chi connectivity index (χ0v) is 12.0. The molecule has 1 aliphatic rings. The second kappa shape index (κ2) is 5.24. The number of carbonyl (C=O) groups is 1. The molecular weight excluding hydrogens is 290 g/mol. The average molecular weight is 306 g/mol. The van der Waals surface area contributed by atoms with Gasteiger partial charge in [-0.2, -0.15) is 5.26 Å². The van der Waals surface area contributed by atoms with Gasteiger partial charge in [-0.3, -0.25) is 4.79 Å². The van der Waals surface area contributed by atoms with Crippen molar-refractivity contribution in [2.45, 2.75) is 38.5 Å². The van der Waals surface area contributed by atoms with E-state index >= 15 is 0 Å². The molecule has 1 saturated carbocycles. The predicted octanol–water partition coefficient (Wildman–Crippen LogP) is 4.21. The zero-order valence-electron chi connectivity index (χ0n) is 10.4. The van der Waals surface area contributed by atoms with E-state index in [9.17, 15) is 10.1 Å². The molecule has 1 fully saturated rings. The predicted molar refractivity (Wildman–Crippen MR) is 74.1 cm³/mol. The third-order valence-corrected chi connectivity index (χ3v) is 4.37. The molecule has 3 heteroatoms. The van der Waals surface area contributed by atoms with Crippen LogP contribution in [-0.4, -0.2) is 5.78 Å². The molecule has 0 N–H and O–H groups in total. The zero-order chi connectivity index (χ0) is 13.2. The maximum absolute atomic E-state index is 12.6. The lowest BCUT2D eigenvalue weighted by Gasteiger charge is -2.24. The van der Waals surface area contributed by atoms with Gasteiger partial charge >= 0.3 is 0 Å². The molecular formula is C15H16BrNO. The Kier molecular flexibility index (Phi) is 3.87. The van der Waals surface area contributed by atoms with Crippen LogP contribution in [0.1, 0.15) is 44.1 Å². The quantitative estimate of drug-likeness (QED) is 0.839. The van der Waals surface area contributed by atoms with Gasteiger partial charge in [-0.25, -0.2) is 0 Å². The maximum Gasteiger partial charge on any atom is 0.160 e. The third-order valence-electron chi connectivity index (χ3n) is 3.88. The van der Waals surface area contributed by atoms with Crippen LogP contribution in [0.4, 0.5) is 0 Å². The van der Waals surface area contributed by atoms with Gasteiger partial charge < -0.3 is 0 Å². The van der Waals surface area contributed by atoms with Gasteiger partial charge in [0.15, 0.2) is 5.78 Å². The van der Waals surface area contributed by atoms with Crippen molar-refractivity contribution >= 4 is 21.7 Å². The summed E-state index contributed by atoms with van der Waals surface area (Å²) in [6.07, 6.45) is 4.02. The Morgan fingerprint density at radius 3 is 2.67 bits per heavy atom. The van der Waals surface area contributed by atoms with Crippen LogP contribution in [0.2, 0.25) is 0 Å². The van der Waals surface area contributed by atoms with Gasteiger partial charge in [-0.1, -0.05) is 47.8 Å². The fraction of sp³-hybridized carbons (Fsp3) is 0.467. The first-order chi connectivity index (χ1) is 8.57. The molecule has 0 bridgehead atoms. The summed E-state index contributed by atoms with van der Waals surface area (Å²) in [7, 11) is 0. The monoisotopic (exact) mass is 305 g/mol. The number of benzene rings is 1. The molecule has 1 aliphatic carbocycles. The summed E-state index contributed by atoms with van der Waals surface area (Å²) in [5, 5.41) is 9.33. The van der Waals surface area contributed by atoms with Crippen molar-refractivity contribution in [3.8, 4) is 6.07 Å². The van der Waals surface area contributed by atoms with Crippen LogP contribution in [0.15, 0.2) is 28.7 Å². The first-order valence-electron chi connectivity index (χ1n) is 6.26. The molecule has 0 radical (unpaired) electrons. The number of nitrogens with zero attached hydrogens (tertiary/aromatic N) is 1. The molecule has 1 unspecified atom stereocenters. The highest BCUT2D eigenvalue weighted by Gasteiger charge is 2.40. The second-order valence-electron chi connectivity index (χ2n) is 5.25. The van der Waals surface area contributed by atoms with Crippen LogP contribution in [-0.2, 0) is 4.79 Å². The summed E-state index contributed by atoms with van der Waals surface area (Å²) in [6.45, 7) is 2.00. The van der Waals surface area contributed by atoms with Gasteiger partial charge in [0.05, 0.1) is 6.07 Å². The molecule has 0 amide bonds. The Bertz CT molecular complexity index is 497. The van der Waals surface area contributed by atoms with Gasteiger partial charge in [0.1, 0.15) is 5.92 Å². The van der Waals surface area contributed by atoms with Gasteiger partial charge in [0.25, 0.3) is 0 Å². The Labute approximate surface area is 116 Å². The number of carbonyl (C=O) groups excluding carboxylic acids is 1. The summed E-state index contributed by atoms with van der Waals surface area (Å²) < 4.78 is 0.907. The summed E-state index contributed by atoms with van der Waals surface area (Å²) in [4.78, 5) is 12.6. The van der Waals surface area contributed by atoms with Crippen LogP contribution >= 0.6 is 15.9 Å². The number of rotatable bonds is 3. The Morgan fingerprint density at radius 1 is 1.44 bits per heavy atom. The molecule has 0 spiro atoms. The number of hydrogen-bond acceptors (Lipinski definition) is 2. The second-order valence-corrected chi connectivity index (χ2v) is 6.16. The van der Waals surface area contributed by atoms with Crippen LogP contribution in [0.5, 0.6) is 0 Å². The summed E-state index contributed by atoms with van der Waals surface area (Å²) >= 11 is 3.38. The molecule has 18 heavy (non-hydrogen) atoms. The van der Waals surface area contributed by atoms with Crippen molar-refractivity contribution < 1.29 is 4.79 Å². The Hall–Kier alpha value is -1.14. The summed E-state index contributed by atoms with van der Waals surface area (Å²) in [6, 6.07) is 9.67. The van der Waals surface area contributed by atoms with E-state index in [0.29, 0.717) is 0 Å². The molecule has 0 saturated heterocycles. The molecule has 0 aromatic heterocycles. The van der Waals surface area contributed by atoms with E-state index in [2.05, 4.69) is 22.0 Å². The highest BCUT2D eigenvalue weighted by molar-refractivity contribution is 9.10. The molecule has 0 aliphatic heterocycles. The van der Waals surface area contributed by atoms with Crippen LogP contribution in [0.25, 0.3) is 0 Å². The minimum atomic E-state index is -0.634. The smallest absolute Gasteiger partial charge is 0.160 e. The minimum absolute atomic E-state index is 0.0839. The van der Waals surface area contributed by atoms with E-state index in [-0.39, 0.29) is 11.2 Å². The summed E-state index contributed by atoms with van der Waals surface area (Å²) in [5.74, 6) is -0.550. The lowest BCUT2D eigenvalue weighted by atomic mass is 9.76. The Balaban J connectivity index is 2.29. The van der Waals surface area contributed by atoms with Crippen molar-refractivity contribution in [2.24, 2.45) is 5.41 Å². The first-order valence-corrected chi connectivity index (χ1v) is 7.05. The van der Waals surface area contributed by atoms with Gasteiger partial charge in [0, 0.05) is 9.89 Å². The van der Waals surface area contributed by atoms with E-state index in [0.717, 1.165) is 35.7 Å². The average Bonchev–Trinajstić information content (AvgIpc) is 2.78. The SMILES string of the molecule is CC1(C(=O)C(C#N)c2cccc(Br)c2)CCCC1. The van der Waals surface area contributed by atoms with Crippen molar-refractivity contribution in [1.29, 1.82) is 5.26 Å². The number of Topliss-reactive ketones (excluding diaryl/α,β-unsaturated/α-hetero) is 1. The van der Waals surface area contributed by atoms with Crippen molar-refractivity contribution in [2.75, 3.05) is 0 Å². The largest absolute Gasteiger partial charge is 0.297 e. The van der Waals surface area contributed by atoms with E-state index in [1.807, 2.05) is 31.2 Å². The maximum atomic E-state index is 12.6. The van der Waals surface area contributed by atoms with Crippen molar-refractivity contribution in [3.63, 3.8) is 0 Å². The minimum Gasteiger partial charge on any atom is -0.297 e. The number of halogens is 1. The van der Waals surface area contributed by atoms with Crippen LogP contribution < -0.4 is 0 Å². The van der Waals surface area contributed by atoms with Gasteiger partial charge in [0.2, 0.25) is 0 Å². The van der Waals surface area contributed by atoms with Gasteiger partial charge in [-0.15, -0.1) is 0 Å². The fourth-order valence-corrected chi connectivity index (χ4v) is 3.14. The third kappa shape index (κ3) is 2.49. The lowest BCUT2D eigenvalue weighted by molar-refractivity contribution is -0.128. The highest BCUT2D eigenvalue weighted by atomic mass is 79.9. The number of hydrogen-bond donors (Lipinski definition) is 0. The molecule has 1 aromatic carbocycles. The fourth-order valence-electron chi connectivity index (χ4n) is 2.72. The summed E-state index contributed by atoms with van der Waals surface area (Å²) in [5.41, 5.74) is 0.493. The molecule has 94 valence electrons. The van der Waals surface area contributed by atoms with Crippen LogP contribution in [0.3, 0.4) is 0 Å². The van der Waals surface area contributed by atoms with E-state index in [1.165, 1.54) is 0 Å². The number of nitriles is 1. The van der Waals surface area contributed by atoms with E-state index < -0.39 is 5.92 Å². The molecule has 2 rings (SSSR count). The molecule has 2 nitrogen and oxygen atoms in total. The molecule has 0 heterocycles. The molecule has 1 atom stereocenters. The normalized spacial score (nSPS) is 19.2. The lowest BCUT2D eigenvalue weighted by Crippen LogP contribution is -2.29. The number of ketones is 1. The Morgan fingerprint density at radius 2 is 2.11 bits per heavy atom. The first kappa shape index (κ1) is 13.3. The molecule has 1 aromatic rings. The highest BCUT2D eigenvalue weighted by Crippen LogP contribution is 2.42. The topological polar surface area (TPSA) is 40.9 Å². The van der Waals surface area contributed by atoms with Gasteiger partial charge in [-0.05, 0) is 30.5 Å².